The molecular formula is C24H21N5OS. The molecule has 0 spiro atoms. The van der Waals surface area contributed by atoms with Crippen molar-refractivity contribution < 1.29 is 4.79 Å². The third-order valence-corrected chi connectivity index (χ3v) is 6.38. The predicted molar refractivity (Wildman–Crippen MR) is 124 cm³/mol. The molecule has 7 heteroatoms. The fourth-order valence-corrected chi connectivity index (χ4v) is 4.80. The number of thiophene rings is 1. The highest BCUT2D eigenvalue weighted by Gasteiger charge is 2.35. The van der Waals surface area contributed by atoms with E-state index in [0.29, 0.717) is 17.3 Å². The second kappa shape index (κ2) is 7.85. The van der Waals surface area contributed by atoms with E-state index in [1.54, 1.807) is 11.3 Å². The lowest BCUT2D eigenvalue weighted by Crippen LogP contribution is -2.31. The van der Waals surface area contributed by atoms with Gasteiger partial charge in [0, 0.05) is 21.8 Å². The first-order valence-electron chi connectivity index (χ1n) is 10.0. The Morgan fingerprint density at radius 1 is 1.03 bits per heavy atom. The maximum Gasteiger partial charge on any atom is 0.255 e. The largest absolute Gasteiger partial charge is 0.328 e. The van der Waals surface area contributed by atoms with Gasteiger partial charge in [-0.3, -0.25) is 4.79 Å². The van der Waals surface area contributed by atoms with E-state index < -0.39 is 0 Å². The van der Waals surface area contributed by atoms with Gasteiger partial charge in [0.2, 0.25) is 5.95 Å². The number of nitrogens with zero attached hydrogens (tertiary/aromatic N) is 3. The molecule has 1 amide bonds. The quantitative estimate of drug-likeness (QED) is 0.467. The summed E-state index contributed by atoms with van der Waals surface area (Å²) in [6.07, 6.45) is 0. The van der Waals surface area contributed by atoms with Crippen molar-refractivity contribution in [2.45, 2.75) is 19.9 Å². The molecule has 1 aliphatic rings. The number of hydrogen-bond acceptors (Lipinski definition) is 5. The molecule has 0 saturated heterocycles. The number of aromatic nitrogens is 3. The Morgan fingerprint density at radius 2 is 1.74 bits per heavy atom. The van der Waals surface area contributed by atoms with Gasteiger partial charge in [-0.05, 0) is 43.0 Å². The third-order valence-electron chi connectivity index (χ3n) is 5.31. The lowest BCUT2D eigenvalue weighted by Gasteiger charge is -2.28. The molecule has 1 aliphatic heterocycles. The number of aryl methyl sites for hydroxylation is 1. The van der Waals surface area contributed by atoms with Gasteiger partial charge >= 0.3 is 0 Å². The van der Waals surface area contributed by atoms with Gasteiger partial charge in [-0.2, -0.15) is 4.98 Å². The fraction of sp³-hybridized carbons (Fsp3) is 0.125. The number of nitrogens with one attached hydrogen (secondary N) is 2. The lowest BCUT2D eigenvalue weighted by molar-refractivity contribution is -0.113. The molecule has 2 aromatic heterocycles. The van der Waals surface area contributed by atoms with E-state index in [-0.39, 0.29) is 11.9 Å². The average molecular weight is 428 g/mol. The smallest absolute Gasteiger partial charge is 0.255 e. The first kappa shape index (κ1) is 19.3. The van der Waals surface area contributed by atoms with Gasteiger partial charge < -0.3 is 10.6 Å². The van der Waals surface area contributed by atoms with Crippen molar-refractivity contribution in [1.82, 2.24) is 14.8 Å². The highest BCUT2D eigenvalue weighted by Crippen LogP contribution is 2.40. The van der Waals surface area contributed by atoms with Gasteiger partial charge in [0.05, 0.1) is 5.57 Å². The van der Waals surface area contributed by atoms with Gasteiger partial charge in [-0.25, -0.2) is 4.68 Å². The van der Waals surface area contributed by atoms with Gasteiger partial charge in [-0.15, -0.1) is 16.4 Å². The number of allylic oxidation sites excluding steroid dienone is 1. The molecule has 3 heterocycles. The maximum atomic E-state index is 13.4. The molecule has 154 valence electrons. The highest BCUT2D eigenvalue weighted by molar-refractivity contribution is 7.10. The zero-order chi connectivity index (χ0) is 21.4. The van der Waals surface area contributed by atoms with Crippen LogP contribution >= 0.6 is 11.3 Å². The van der Waals surface area contributed by atoms with Crippen LogP contribution in [0.2, 0.25) is 0 Å². The van der Waals surface area contributed by atoms with Crippen LogP contribution in [0.4, 0.5) is 11.6 Å². The van der Waals surface area contributed by atoms with Crippen molar-refractivity contribution in [2.24, 2.45) is 0 Å². The molecule has 0 unspecified atom stereocenters. The molecule has 0 fully saturated rings. The van der Waals surface area contributed by atoms with Crippen molar-refractivity contribution in [2.75, 3.05) is 10.6 Å². The Hall–Kier alpha value is -3.71. The van der Waals surface area contributed by atoms with Gasteiger partial charge in [0.25, 0.3) is 5.91 Å². The van der Waals surface area contributed by atoms with E-state index in [9.17, 15) is 4.79 Å². The number of anilines is 2. The molecule has 31 heavy (non-hydrogen) atoms. The number of rotatable bonds is 4. The second-order valence-electron chi connectivity index (χ2n) is 7.42. The minimum absolute atomic E-state index is 0.156. The normalized spacial score (nSPS) is 15.4. The van der Waals surface area contributed by atoms with Crippen molar-refractivity contribution in [3.05, 3.63) is 93.8 Å². The first-order valence-corrected chi connectivity index (χ1v) is 10.9. The molecule has 1 atom stereocenters. The highest BCUT2D eigenvalue weighted by atomic mass is 32.1. The molecule has 4 aromatic rings. The van der Waals surface area contributed by atoms with Crippen molar-refractivity contribution in [3.8, 4) is 11.4 Å². The summed E-state index contributed by atoms with van der Waals surface area (Å²) in [6.45, 7) is 3.97. The van der Waals surface area contributed by atoms with E-state index in [2.05, 4.69) is 23.6 Å². The molecule has 0 radical (unpaired) electrons. The summed E-state index contributed by atoms with van der Waals surface area (Å²) in [6, 6.07) is 21.1. The van der Waals surface area contributed by atoms with Crippen LogP contribution < -0.4 is 10.6 Å². The standard InChI is InChI=1S/C24H21N5OS/c1-15-13-14-31-21(15)20-19(23(30)26-18-11-7-4-8-12-18)16(2)25-24-27-22(28-29(20)24)17-9-5-3-6-10-17/h3-14,20H,1-2H3,(H,26,30)(H,25,27,28)/t20-/m0/s1. The number of fused-ring (bicyclic) bond motifs is 1. The van der Waals surface area contributed by atoms with Gasteiger partial charge in [0.1, 0.15) is 6.04 Å². The van der Waals surface area contributed by atoms with Gasteiger partial charge in [0.15, 0.2) is 5.82 Å². The number of benzene rings is 2. The van der Waals surface area contributed by atoms with E-state index in [1.165, 1.54) is 0 Å². The monoisotopic (exact) mass is 427 g/mol. The van der Waals surface area contributed by atoms with Crippen LogP contribution in [0.3, 0.4) is 0 Å². The summed E-state index contributed by atoms with van der Waals surface area (Å²) < 4.78 is 1.83. The second-order valence-corrected chi connectivity index (χ2v) is 8.37. The number of amides is 1. The molecule has 0 bridgehead atoms. The van der Waals surface area contributed by atoms with Crippen LogP contribution in [0.5, 0.6) is 0 Å². The lowest BCUT2D eigenvalue weighted by atomic mass is 9.99. The zero-order valence-electron chi connectivity index (χ0n) is 17.2. The molecule has 0 saturated carbocycles. The molecule has 2 N–H and O–H groups in total. The molecule has 6 nitrogen and oxygen atoms in total. The number of para-hydroxylation sites is 1. The van der Waals surface area contributed by atoms with Crippen LogP contribution in [-0.4, -0.2) is 20.7 Å². The summed E-state index contributed by atoms with van der Waals surface area (Å²) in [5.41, 5.74) is 4.21. The van der Waals surface area contributed by atoms with E-state index in [0.717, 1.165) is 27.4 Å². The molecular weight excluding hydrogens is 406 g/mol. The topological polar surface area (TPSA) is 71.8 Å². The fourth-order valence-electron chi connectivity index (χ4n) is 3.78. The predicted octanol–water partition coefficient (Wildman–Crippen LogP) is 5.24. The number of carbonyl (C=O) groups is 1. The summed E-state index contributed by atoms with van der Waals surface area (Å²) in [4.78, 5) is 19.2. The summed E-state index contributed by atoms with van der Waals surface area (Å²) in [5.74, 6) is 1.10. The Bertz CT molecular complexity index is 1270. The van der Waals surface area contributed by atoms with E-state index >= 15 is 0 Å². The van der Waals surface area contributed by atoms with Crippen LogP contribution in [0.25, 0.3) is 11.4 Å². The van der Waals surface area contributed by atoms with Gasteiger partial charge in [-0.1, -0.05) is 48.5 Å². The van der Waals surface area contributed by atoms with Crippen LogP contribution in [0.15, 0.2) is 83.4 Å². The summed E-state index contributed by atoms with van der Waals surface area (Å²) in [5, 5.41) is 13.2. The van der Waals surface area contributed by atoms with E-state index in [4.69, 9.17) is 10.1 Å². The van der Waals surface area contributed by atoms with Crippen LogP contribution in [0, 0.1) is 6.92 Å². The Morgan fingerprint density at radius 3 is 2.42 bits per heavy atom. The molecule has 5 rings (SSSR count). The Kier molecular flexibility index (Phi) is 4.88. The van der Waals surface area contributed by atoms with Crippen molar-refractivity contribution in [3.63, 3.8) is 0 Å². The van der Waals surface area contributed by atoms with Crippen LogP contribution in [0.1, 0.15) is 23.4 Å². The van der Waals surface area contributed by atoms with Crippen molar-refractivity contribution in [1.29, 1.82) is 0 Å². The summed E-state index contributed by atoms with van der Waals surface area (Å²) in [7, 11) is 0. The number of carbonyl (C=O) groups excluding carboxylic acids is 1. The molecule has 0 aliphatic carbocycles. The maximum absolute atomic E-state index is 13.4. The summed E-state index contributed by atoms with van der Waals surface area (Å²) >= 11 is 1.62. The number of hydrogen-bond donors (Lipinski definition) is 2. The minimum Gasteiger partial charge on any atom is -0.328 e. The minimum atomic E-state index is -0.357. The SMILES string of the molecule is CC1=C(C(=O)Nc2ccccc2)[C@@H](c2sccc2C)n2nc(-c3ccccc3)nc2N1. The van der Waals surface area contributed by atoms with Crippen molar-refractivity contribution >= 4 is 28.9 Å². The zero-order valence-corrected chi connectivity index (χ0v) is 18.0. The van der Waals surface area contributed by atoms with E-state index in [1.807, 2.05) is 77.6 Å². The molecule has 2 aromatic carbocycles. The average Bonchev–Trinajstić information content (AvgIpc) is 3.40. The van der Waals surface area contributed by atoms with Crippen LogP contribution in [-0.2, 0) is 4.79 Å². The third kappa shape index (κ3) is 3.53. The first-order chi connectivity index (χ1) is 15.1. The Balaban J connectivity index is 1.61. The Labute approximate surface area is 184 Å².